The number of anilines is 1. The number of hydrogen-bond acceptors (Lipinski definition) is 1. The second-order valence-electron chi connectivity index (χ2n) is 7.31. The fourth-order valence-corrected chi connectivity index (χ4v) is 3.92. The first kappa shape index (κ1) is 18.0. The summed E-state index contributed by atoms with van der Waals surface area (Å²) in [5.41, 5.74) is 3.57. The molecule has 25 heavy (non-hydrogen) atoms. The van der Waals surface area contributed by atoms with Crippen LogP contribution in [0.2, 0.25) is 5.02 Å². The van der Waals surface area contributed by atoms with Crippen molar-refractivity contribution in [1.82, 2.24) is 0 Å². The van der Waals surface area contributed by atoms with Gasteiger partial charge in [-0.1, -0.05) is 48.4 Å². The fraction of sp³-hybridized carbons (Fsp3) is 0.409. The Morgan fingerprint density at radius 3 is 2.20 bits per heavy atom. The van der Waals surface area contributed by atoms with Gasteiger partial charge in [0.1, 0.15) is 0 Å². The highest BCUT2D eigenvalue weighted by Crippen LogP contribution is 2.39. The number of carbonyl (C=O) groups is 1. The van der Waals surface area contributed by atoms with Crippen molar-refractivity contribution >= 4 is 23.2 Å². The lowest BCUT2D eigenvalue weighted by atomic mass is 9.74. The Morgan fingerprint density at radius 2 is 1.60 bits per heavy atom. The minimum Gasteiger partial charge on any atom is -0.326 e. The van der Waals surface area contributed by atoms with Crippen LogP contribution in [0.25, 0.3) is 0 Å². The van der Waals surface area contributed by atoms with E-state index in [-0.39, 0.29) is 11.8 Å². The third-order valence-corrected chi connectivity index (χ3v) is 5.80. The smallest absolute Gasteiger partial charge is 0.227 e. The van der Waals surface area contributed by atoms with E-state index in [1.165, 1.54) is 24.0 Å². The average Bonchev–Trinajstić information content (AvgIpc) is 2.64. The minimum atomic E-state index is 0.0367. The standard InChI is InChI=1S/C22H26ClNO/c1-15-3-5-18(6-4-15)19-9-7-17(8-10-19)16(2)22(25)24-21-13-11-20(23)12-14-21/h3-6,11-14,16-17,19H,7-10H2,1-2H3,(H,24,25). The number of carbonyl (C=O) groups excluding carboxylic acids is 1. The molecule has 0 spiro atoms. The molecule has 2 aromatic rings. The maximum atomic E-state index is 12.5. The van der Waals surface area contributed by atoms with Gasteiger partial charge in [0.15, 0.2) is 0 Å². The number of halogens is 1. The van der Waals surface area contributed by atoms with Crippen molar-refractivity contribution in [2.45, 2.75) is 45.4 Å². The molecule has 1 amide bonds. The molecular formula is C22H26ClNO. The summed E-state index contributed by atoms with van der Waals surface area (Å²) in [7, 11) is 0. The van der Waals surface area contributed by atoms with Crippen molar-refractivity contribution in [1.29, 1.82) is 0 Å². The predicted molar refractivity (Wildman–Crippen MR) is 105 cm³/mol. The SMILES string of the molecule is Cc1ccc(C2CCC(C(C)C(=O)Nc3ccc(Cl)cc3)CC2)cc1. The van der Waals surface area contributed by atoms with Crippen molar-refractivity contribution in [3.63, 3.8) is 0 Å². The van der Waals surface area contributed by atoms with E-state index in [1.54, 1.807) is 12.1 Å². The molecule has 2 aromatic carbocycles. The Balaban J connectivity index is 1.53. The molecule has 2 nitrogen and oxygen atoms in total. The number of nitrogens with one attached hydrogen (secondary N) is 1. The van der Waals surface area contributed by atoms with Crippen LogP contribution in [0.1, 0.15) is 49.7 Å². The zero-order valence-corrected chi connectivity index (χ0v) is 15.7. The number of hydrogen-bond donors (Lipinski definition) is 1. The number of amides is 1. The maximum absolute atomic E-state index is 12.5. The second kappa shape index (κ2) is 8.05. The highest BCUT2D eigenvalue weighted by Gasteiger charge is 2.29. The van der Waals surface area contributed by atoms with Crippen LogP contribution < -0.4 is 5.32 Å². The normalized spacial score (nSPS) is 21.6. The molecule has 0 aromatic heterocycles. The molecule has 0 saturated heterocycles. The molecule has 1 saturated carbocycles. The Bertz CT molecular complexity index is 700. The van der Waals surface area contributed by atoms with E-state index in [1.807, 2.05) is 12.1 Å². The molecule has 0 aliphatic heterocycles. The van der Waals surface area contributed by atoms with Gasteiger partial charge >= 0.3 is 0 Å². The summed E-state index contributed by atoms with van der Waals surface area (Å²) in [6.07, 6.45) is 4.58. The van der Waals surface area contributed by atoms with Gasteiger partial charge in [0.25, 0.3) is 0 Å². The van der Waals surface area contributed by atoms with E-state index in [0.717, 1.165) is 18.5 Å². The van der Waals surface area contributed by atoms with Gasteiger partial charge in [0.05, 0.1) is 0 Å². The van der Waals surface area contributed by atoms with Gasteiger partial charge in [-0.2, -0.15) is 0 Å². The van der Waals surface area contributed by atoms with Gasteiger partial charge < -0.3 is 5.32 Å². The fourth-order valence-electron chi connectivity index (χ4n) is 3.79. The average molecular weight is 356 g/mol. The molecule has 1 atom stereocenters. The van der Waals surface area contributed by atoms with Crippen molar-refractivity contribution in [2.24, 2.45) is 11.8 Å². The molecular weight excluding hydrogens is 330 g/mol. The summed E-state index contributed by atoms with van der Waals surface area (Å²) >= 11 is 5.89. The summed E-state index contributed by atoms with van der Waals surface area (Å²) < 4.78 is 0. The van der Waals surface area contributed by atoms with E-state index in [4.69, 9.17) is 11.6 Å². The minimum absolute atomic E-state index is 0.0367. The first-order valence-corrected chi connectivity index (χ1v) is 9.53. The van der Waals surface area contributed by atoms with Crippen LogP contribution in [0, 0.1) is 18.8 Å². The van der Waals surface area contributed by atoms with E-state index < -0.39 is 0 Å². The lowest BCUT2D eigenvalue weighted by Crippen LogP contribution is -2.29. The highest BCUT2D eigenvalue weighted by molar-refractivity contribution is 6.30. The number of aryl methyl sites for hydroxylation is 1. The molecule has 1 aliphatic rings. The van der Waals surface area contributed by atoms with Gasteiger partial charge in [-0.15, -0.1) is 0 Å². The summed E-state index contributed by atoms with van der Waals surface area (Å²) in [6, 6.07) is 16.2. The molecule has 1 fully saturated rings. The number of rotatable bonds is 4. The van der Waals surface area contributed by atoms with Gasteiger partial charge in [-0.3, -0.25) is 4.79 Å². The molecule has 1 aliphatic carbocycles. The topological polar surface area (TPSA) is 29.1 Å². The zero-order valence-electron chi connectivity index (χ0n) is 15.0. The van der Waals surface area contributed by atoms with Crippen molar-refractivity contribution in [2.75, 3.05) is 5.32 Å². The third-order valence-electron chi connectivity index (χ3n) is 5.55. The second-order valence-corrected chi connectivity index (χ2v) is 7.74. The summed E-state index contributed by atoms with van der Waals surface area (Å²) in [5, 5.41) is 3.70. The highest BCUT2D eigenvalue weighted by atomic mass is 35.5. The van der Waals surface area contributed by atoms with E-state index >= 15 is 0 Å². The molecule has 132 valence electrons. The quantitative estimate of drug-likeness (QED) is 0.695. The first-order valence-electron chi connectivity index (χ1n) is 9.16. The Morgan fingerprint density at radius 1 is 1.00 bits per heavy atom. The monoisotopic (exact) mass is 355 g/mol. The summed E-state index contributed by atoms with van der Waals surface area (Å²) in [5.74, 6) is 1.26. The van der Waals surface area contributed by atoms with Crippen LogP contribution in [0.4, 0.5) is 5.69 Å². The Hall–Kier alpha value is -1.80. The van der Waals surface area contributed by atoms with Crippen LogP contribution in [0.3, 0.4) is 0 Å². The largest absolute Gasteiger partial charge is 0.326 e. The van der Waals surface area contributed by atoms with E-state index in [9.17, 15) is 4.79 Å². The third kappa shape index (κ3) is 4.64. The molecule has 0 heterocycles. The zero-order chi connectivity index (χ0) is 17.8. The van der Waals surface area contributed by atoms with Crippen LogP contribution in [0.15, 0.2) is 48.5 Å². The van der Waals surface area contributed by atoms with Crippen LogP contribution in [-0.2, 0) is 4.79 Å². The van der Waals surface area contributed by atoms with Gasteiger partial charge in [-0.05, 0) is 74.3 Å². The van der Waals surface area contributed by atoms with Crippen LogP contribution >= 0.6 is 11.6 Å². The van der Waals surface area contributed by atoms with Crippen molar-refractivity contribution in [3.05, 3.63) is 64.7 Å². The molecule has 1 unspecified atom stereocenters. The van der Waals surface area contributed by atoms with Crippen LogP contribution in [0.5, 0.6) is 0 Å². The lowest BCUT2D eigenvalue weighted by Gasteiger charge is -2.32. The lowest BCUT2D eigenvalue weighted by molar-refractivity contribution is -0.121. The van der Waals surface area contributed by atoms with E-state index in [0.29, 0.717) is 16.9 Å². The first-order chi connectivity index (χ1) is 12.0. The maximum Gasteiger partial charge on any atom is 0.227 e. The Kier molecular flexibility index (Phi) is 5.80. The predicted octanol–water partition coefficient (Wildman–Crippen LogP) is 6.20. The molecule has 0 bridgehead atoms. The van der Waals surface area contributed by atoms with Gasteiger partial charge in [0, 0.05) is 16.6 Å². The van der Waals surface area contributed by atoms with E-state index in [2.05, 4.69) is 43.4 Å². The van der Waals surface area contributed by atoms with Crippen LogP contribution in [-0.4, -0.2) is 5.91 Å². The number of benzene rings is 2. The summed E-state index contributed by atoms with van der Waals surface area (Å²) in [6.45, 7) is 4.18. The van der Waals surface area contributed by atoms with Gasteiger partial charge in [-0.25, -0.2) is 0 Å². The molecule has 3 rings (SSSR count). The molecule has 0 radical (unpaired) electrons. The molecule has 1 N–H and O–H groups in total. The van der Waals surface area contributed by atoms with Crippen molar-refractivity contribution < 1.29 is 4.79 Å². The Labute approximate surface area is 155 Å². The molecule has 3 heteroatoms. The van der Waals surface area contributed by atoms with Gasteiger partial charge in [0.2, 0.25) is 5.91 Å². The van der Waals surface area contributed by atoms with Crippen molar-refractivity contribution in [3.8, 4) is 0 Å². The summed E-state index contributed by atoms with van der Waals surface area (Å²) in [4.78, 5) is 12.5.